The summed E-state index contributed by atoms with van der Waals surface area (Å²) < 4.78 is 0. The molecule has 0 saturated heterocycles. The van der Waals surface area contributed by atoms with Gasteiger partial charge in [-0.3, -0.25) is 4.90 Å². The fourth-order valence-electron chi connectivity index (χ4n) is 2.01. The first kappa shape index (κ1) is 10.0. The Morgan fingerprint density at radius 3 is 2.42 bits per heavy atom. The van der Waals surface area contributed by atoms with Crippen LogP contribution in [0.25, 0.3) is 0 Å². The minimum absolute atomic E-state index is 0.549. The van der Waals surface area contributed by atoms with E-state index in [2.05, 4.69) is 18.9 Å². The second-order valence-electron chi connectivity index (χ2n) is 4.04. The highest BCUT2D eigenvalue weighted by Gasteiger charge is 2.20. The predicted molar refractivity (Wildman–Crippen MR) is 53.2 cm³/mol. The van der Waals surface area contributed by atoms with Crippen molar-refractivity contribution < 1.29 is 0 Å². The Balaban J connectivity index is 2.33. The average Bonchev–Trinajstić information content (AvgIpc) is 2.17. The number of hydrogen-bond donors (Lipinski definition) is 1. The van der Waals surface area contributed by atoms with E-state index in [1.165, 1.54) is 32.1 Å². The fraction of sp³-hybridized carbons (Fsp3) is 1.00. The summed E-state index contributed by atoms with van der Waals surface area (Å²) in [5.74, 6) is 0. The number of nitrogens with two attached hydrogens (primary N) is 1. The fourth-order valence-corrected chi connectivity index (χ4v) is 2.01. The maximum Gasteiger partial charge on any atom is 0.0190 e. The molecule has 2 N–H and O–H groups in total. The Hall–Kier alpha value is -0.0800. The summed E-state index contributed by atoms with van der Waals surface area (Å²) in [7, 11) is 2.22. The van der Waals surface area contributed by atoms with E-state index in [1.54, 1.807) is 0 Å². The van der Waals surface area contributed by atoms with Gasteiger partial charge in [0.1, 0.15) is 0 Å². The number of hydrogen-bond acceptors (Lipinski definition) is 2. The van der Waals surface area contributed by atoms with Gasteiger partial charge in [0.05, 0.1) is 0 Å². The molecule has 0 aliphatic heterocycles. The maximum atomic E-state index is 5.64. The smallest absolute Gasteiger partial charge is 0.0190 e. The molecular formula is C10H22N2. The molecule has 0 aromatic carbocycles. The highest BCUT2D eigenvalue weighted by atomic mass is 15.2. The molecule has 1 rings (SSSR count). The number of likely N-dealkylation sites (N-methyl/N-ethyl adjacent to an activating group) is 1. The summed E-state index contributed by atoms with van der Waals surface area (Å²) in [6.45, 7) is 3.00. The number of rotatable bonds is 3. The predicted octanol–water partition coefficient (Wildman–Crippen LogP) is 1.60. The molecule has 0 aromatic heterocycles. The van der Waals surface area contributed by atoms with Crippen molar-refractivity contribution in [3.8, 4) is 0 Å². The summed E-state index contributed by atoms with van der Waals surface area (Å²) in [4.78, 5) is 2.46. The Morgan fingerprint density at radius 2 is 1.92 bits per heavy atom. The van der Waals surface area contributed by atoms with Crippen molar-refractivity contribution in [2.24, 2.45) is 5.73 Å². The zero-order valence-electron chi connectivity index (χ0n) is 8.42. The molecule has 0 spiro atoms. The Labute approximate surface area is 76.1 Å². The standard InChI is InChI=1S/C10H22N2/c1-9(8-11)12(2)10-6-4-3-5-7-10/h9-10H,3-8,11H2,1-2H3/t9-/m1/s1. The summed E-state index contributed by atoms with van der Waals surface area (Å²) >= 11 is 0. The molecule has 72 valence electrons. The molecule has 0 heterocycles. The summed E-state index contributed by atoms with van der Waals surface area (Å²) in [6, 6.07) is 1.35. The van der Waals surface area contributed by atoms with Crippen molar-refractivity contribution in [3.63, 3.8) is 0 Å². The molecule has 1 aliphatic carbocycles. The van der Waals surface area contributed by atoms with E-state index in [0.29, 0.717) is 6.04 Å². The van der Waals surface area contributed by atoms with Gasteiger partial charge in [-0.1, -0.05) is 19.3 Å². The molecule has 1 atom stereocenters. The molecule has 0 unspecified atom stereocenters. The van der Waals surface area contributed by atoms with E-state index in [-0.39, 0.29) is 0 Å². The van der Waals surface area contributed by atoms with Crippen molar-refractivity contribution >= 4 is 0 Å². The molecule has 1 saturated carbocycles. The van der Waals surface area contributed by atoms with Crippen molar-refractivity contribution in [2.45, 2.75) is 51.1 Å². The van der Waals surface area contributed by atoms with Gasteiger partial charge in [0.25, 0.3) is 0 Å². The van der Waals surface area contributed by atoms with Gasteiger partial charge in [0, 0.05) is 18.6 Å². The van der Waals surface area contributed by atoms with E-state index < -0.39 is 0 Å². The van der Waals surface area contributed by atoms with Crippen LogP contribution < -0.4 is 5.73 Å². The van der Waals surface area contributed by atoms with E-state index in [1.807, 2.05) is 0 Å². The third-order valence-corrected chi connectivity index (χ3v) is 3.19. The van der Waals surface area contributed by atoms with Crippen LogP contribution in [0.1, 0.15) is 39.0 Å². The molecule has 1 fully saturated rings. The molecule has 0 aromatic rings. The van der Waals surface area contributed by atoms with E-state index >= 15 is 0 Å². The molecule has 2 nitrogen and oxygen atoms in total. The van der Waals surface area contributed by atoms with E-state index in [9.17, 15) is 0 Å². The topological polar surface area (TPSA) is 29.3 Å². The van der Waals surface area contributed by atoms with Crippen LogP contribution in [-0.4, -0.2) is 30.6 Å². The summed E-state index contributed by atoms with van der Waals surface area (Å²) in [5.41, 5.74) is 5.64. The first-order chi connectivity index (χ1) is 5.75. The Bertz CT molecular complexity index is 119. The molecule has 1 aliphatic rings. The lowest BCUT2D eigenvalue weighted by molar-refractivity contribution is 0.150. The first-order valence-electron chi connectivity index (χ1n) is 5.17. The van der Waals surface area contributed by atoms with Gasteiger partial charge in [-0.05, 0) is 26.8 Å². The van der Waals surface area contributed by atoms with Crippen LogP contribution >= 0.6 is 0 Å². The van der Waals surface area contributed by atoms with Crippen LogP contribution in [0.2, 0.25) is 0 Å². The second-order valence-corrected chi connectivity index (χ2v) is 4.04. The molecular weight excluding hydrogens is 148 g/mol. The molecule has 2 heteroatoms. The van der Waals surface area contributed by atoms with Crippen molar-refractivity contribution in [1.29, 1.82) is 0 Å². The monoisotopic (exact) mass is 170 g/mol. The quantitative estimate of drug-likeness (QED) is 0.697. The largest absolute Gasteiger partial charge is 0.329 e. The van der Waals surface area contributed by atoms with Gasteiger partial charge in [-0.2, -0.15) is 0 Å². The molecule has 0 bridgehead atoms. The molecule has 0 radical (unpaired) electrons. The van der Waals surface area contributed by atoms with Crippen LogP contribution in [0.4, 0.5) is 0 Å². The van der Waals surface area contributed by atoms with Crippen LogP contribution in [0, 0.1) is 0 Å². The normalized spacial score (nSPS) is 23.0. The minimum atomic E-state index is 0.549. The number of nitrogens with zero attached hydrogens (tertiary/aromatic N) is 1. The van der Waals surface area contributed by atoms with Gasteiger partial charge in [-0.25, -0.2) is 0 Å². The summed E-state index contributed by atoms with van der Waals surface area (Å²) in [6.07, 6.45) is 7.00. The van der Waals surface area contributed by atoms with Crippen LogP contribution in [0.5, 0.6) is 0 Å². The van der Waals surface area contributed by atoms with Crippen molar-refractivity contribution in [1.82, 2.24) is 4.90 Å². The van der Waals surface area contributed by atoms with Crippen LogP contribution in [0.3, 0.4) is 0 Å². The van der Waals surface area contributed by atoms with Gasteiger partial charge in [0.2, 0.25) is 0 Å². The van der Waals surface area contributed by atoms with Gasteiger partial charge >= 0.3 is 0 Å². The highest BCUT2D eigenvalue weighted by Crippen LogP contribution is 2.22. The Kier molecular flexibility index (Phi) is 4.02. The molecule has 0 amide bonds. The Morgan fingerprint density at radius 1 is 1.33 bits per heavy atom. The minimum Gasteiger partial charge on any atom is -0.329 e. The SMILES string of the molecule is C[C@H](CN)N(C)C1CCCCC1. The summed E-state index contributed by atoms with van der Waals surface area (Å²) in [5, 5.41) is 0. The third kappa shape index (κ3) is 2.46. The van der Waals surface area contributed by atoms with Gasteiger partial charge in [-0.15, -0.1) is 0 Å². The zero-order chi connectivity index (χ0) is 8.97. The van der Waals surface area contributed by atoms with Crippen molar-refractivity contribution in [2.75, 3.05) is 13.6 Å². The van der Waals surface area contributed by atoms with E-state index in [0.717, 1.165) is 12.6 Å². The second kappa shape index (κ2) is 4.83. The van der Waals surface area contributed by atoms with E-state index in [4.69, 9.17) is 5.73 Å². The average molecular weight is 170 g/mol. The lowest BCUT2D eigenvalue weighted by Crippen LogP contribution is -2.43. The highest BCUT2D eigenvalue weighted by molar-refractivity contribution is 4.77. The van der Waals surface area contributed by atoms with Crippen LogP contribution in [0.15, 0.2) is 0 Å². The van der Waals surface area contributed by atoms with Crippen LogP contribution in [-0.2, 0) is 0 Å². The lowest BCUT2D eigenvalue weighted by Gasteiger charge is -2.35. The first-order valence-corrected chi connectivity index (χ1v) is 5.17. The maximum absolute atomic E-state index is 5.64. The third-order valence-electron chi connectivity index (χ3n) is 3.19. The van der Waals surface area contributed by atoms with Crippen molar-refractivity contribution in [3.05, 3.63) is 0 Å². The zero-order valence-corrected chi connectivity index (χ0v) is 8.42. The van der Waals surface area contributed by atoms with Gasteiger partial charge in [0.15, 0.2) is 0 Å². The lowest BCUT2D eigenvalue weighted by atomic mass is 9.94. The van der Waals surface area contributed by atoms with Gasteiger partial charge < -0.3 is 5.73 Å². The molecule has 12 heavy (non-hydrogen) atoms.